The second-order valence-corrected chi connectivity index (χ2v) is 4.38. The predicted octanol–water partition coefficient (Wildman–Crippen LogP) is 0.579. The molecule has 1 N–H and O–H groups in total. The summed E-state index contributed by atoms with van der Waals surface area (Å²) in [5.41, 5.74) is -0.294. The molecular weight excluding hydrogens is 168 g/mol. The van der Waals surface area contributed by atoms with Crippen LogP contribution < -0.4 is 5.32 Å². The number of carbonyl (C=O) groups excluding carboxylic acids is 1. The van der Waals surface area contributed by atoms with Gasteiger partial charge in [-0.3, -0.25) is 0 Å². The first-order valence-electron chi connectivity index (χ1n) is 4.79. The molecule has 74 valence electrons. The maximum atomic E-state index is 11.5. The third-order valence-corrected chi connectivity index (χ3v) is 2.68. The van der Waals surface area contributed by atoms with E-state index in [2.05, 4.69) is 5.32 Å². The minimum absolute atomic E-state index is 0.150. The normalized spacial score (nSPS) is 32.3. The molecule has 2 heterocycles. The number of fused-ring (bicyclic) bond motifs is 1. The lowest BCUT2D eigenvalue weighted by Crippen LogP contribution is -2.60. The fourth-order valence-corrected chi connectivity index (χ4v) is 2.09. The Balaban J connectivity index is 2.12. The van der Waals surface area contributed by atoms with Gasteiger partial charge in [0.25, 0.3) is 0 Å². The molecule has 0 radical (unpaired) electrons. The van der Waals surface area contributed by atoms with Crippen molar-refractivity contribution in [3.63, 3.8) is 0 Å². The lowest BCUT2D eigenvalue weighted by molar-refractivity contribution is -0.0538. The monoisotopic (exact) mass is 184 g/mol. The minimum Gasteiger partial charge on any atom is -0.443 e. The zero-order valence-corrected chi connectivity index (χ0v) is 8.17. The van der Waals surface area contributed by atoms with Crippen LogP contribution in [0.15, 0.2) is 0 Å². The van der Waals surface area contributed by atoms with Crippen LogP contribution in [0.1, 0.15) is 20.3 Å². The fourth-order valence-electron chi connectivity index (χ4n) is 2.09. The van der Waals surface area contributed by atoms with Gasteiger partial charge in [0.2, 0.25) is 0 Å². The highest BCUT2D eigenvalue weighted by Gasteiger charge is 2.40. The Labute approximate surface area is 78.2 Å². The molecule has 0 unspecified atom stereocenters. The number of hydrogen-bond donors (Lipinski definition) is 1. The van der Waals surface area contributed by atoms with E-state index in [1.807, 2.05) is 18.7 Å². The van der Waals surface area contributed by atoms with Gasteiger partial charge in [0, 0.05) is 26.1 Å². The Morgan fingerprint density at radius 2 is 2.38 bits per heavy atom. The zero-order valence-electron chi connectivity index (χ0n) is 8.17. The highest BCUT2D eigenvalue weighted by molar-refractivity contribution is 5.69. The fraction of sp³-hybridized carbons (Fsp3) is 0.889. The average Bonchev–Trinajstić information content (AvgIpc) is 2.02. The van der Waals surface area contributed by atoms with Gasteiger partial charge in [0.15, 0.2) is 0 Å². The van der Waals surface area contributed by atoms with Crippen LogP contribution in [-0.2, 0) is 4.74 Å². The van der Waals surface area contributed by atoms with Gasteiger partial charge in [-0.25, -0.2) is 4.79 Å². The van der Waals surface area contributed by atoms with E-state index < -0.39 is 0 Å². The molecule has 2 saturated heterocycles. The highest BCUT2D eigenvalue weighted by atomic mass is 16.6. The predicted molar refractivity (Wildman–Crippen MR) is 48.5 cm³/mol. The van der Waals surface area contributed by atoms with Crippen LogP contribution in [0.5, 0.6) is 0 Å². The topological polar surface area (TPSA) is 41.6 Å². The number of carbonyl (C=O) groups is 1. The smallest absolute Gasteiger partial charge is 0.410 e. The molecule has 0 aliphatic carbocycles. The first-order chi connectivity index (χ1) is 6.08. The SMILES string of the molecule is CC1(C)C[C@@H]2CNCCN2C(=O)O1. The second-order valence-electron chi connectivity index (χ2n) is 4.38. The van der Waals surface area contributed by atoms with E-state index in [0.717, 1.165) is 26.1 Å². The number of cyclic esters (lactones) is 1. The molecule has 1 amide bonds. The summed E-state index contributed by atoms with van der Waals surface area (Å²) in [5.74, 6) is 0. The van der Waals surface area contributed by atoms with Crippen molar-refractivity contribution in [2.45, 2.75) is 31.9 Å². The quantitative estimate of drug-likeness (QED) is 0.598. The van der Waals surface area contributed by atoms with E-state index in [1.54, 1.807) is 0 Å². The molecule has 0 spiro atoms. The molecule has 0 saturated carbocycles. The second kappa shape index (κ2) is 2.87. The Bertz CT molecular complexity index is 228. The summed E-state index contributed by atoms with van der Waals surface area (Å²) in [6.07, 6.45) is 0.772. The van der Waals surface area contributed by atoms with Crippen LogP contribution in [0.3, 0.4) is 0 Å². The van der Waals surface area contributed by atoms with Crippen molar-refractivity contribution < 1.29 is 9.53 Å². The Morgan fingerprint density at radius 3 is 3.15 bits per heavy atom. The zero-order chi connectivity index (χ0) is 9.47. The van der Waals surface area contributed by atoms with E-state index in [9.17, 15) is 4.79 Å². The van der Waals surface area contributed by atoms with E-state index in [4.69, 9.17) is 4.74 Å². The minimum atomic E-state index is -0.294. The van der Waals surface area contributed by atoms with Crippen LogP contribution in [-0.4, -0.2) is 42.3 Å². The maximum Gasteiger partial charge on any atom is 0.410 e. The molecule has 0 bridgehead atoms. The van der Waals surface area contributed by atoms with Gasteiger partial charge in [0.05, 0.1) is 6.04 Å². The number of nitrogens with zero attached hydrogens (tertiary/aromatic N) is 1. The average molecular weight is 184 g/mol. The third-order valence-electron chi connectivity index (χ3n) is 2.68. The van der Waals surface area contributed by atoms with Crippen LogP contribution in [0.2, 0.25) is 0 Å². The summed E-state index contributed by atoms with van der Waals surface area (Å²) < 4.78 is 5.30. The Kier molecular flexibility index (Phi) is 1.95. The lowest BCUT2D eigenvalue weighted by Gasteiger charge is -2.45. The molecule has 0 aromatic heterocycles. The maximum absolute atomic E-state index is 11.5. The van der Waals surface area contributed by atoms with Crippen LogP contribution >= 0.6 is 0 Å². The number of rotatable bonds is 0. The number of hydrogen-bond acceptors (Lipinski definition) is 3. The standard InChI is InChI=1S/C9H16N2O2/c1-9(2)5-7-6-10-3-4-11(7)8(12)13-9/h7,10H,3-6H2,1-2H3/t7-/m1/s1. The largest absolute Gasteiger partial charge is 0.443 e. The van der Waals surface area contributed by atoms with Crippen molar-refractivity contribution in [3.05, 3.63) is 0 Å². The van der Waals surface area contributed by atoms with Crippen molar-refractivity contribution in [3.8, 4) is 0 Å². The summed E-state index contributed by atoms with van der Waals surface area (Å²) >= 11 is 0. The van der Waals surface area contributed by atoms with E-state index in [-0.39, 0.29) is 11.7 Å². The molecule has 13 heavy (non-hydrogen) atoms. The van der Waals surface area contributed by atoms with Gasteiger partial charge in [-0.15, -0.1) is 0 Å². The van der Waals surface area contributed by atoms with Gasteiger partial charge in [-0.1, -0.05) is 0 Å². The van der Waals surface area contributed by atoms with Crippen LogP contribution in [0.25, 0.3) is 0 Å². The molecule has 0 aromatic rings. The lowest BCUT2D eigenvalue weighted by atomic mass is 9.95. The molecule has 4 nitrogen and oxygen atoms in total. The molecule has 2 rings (SSSR count). The number of piperazine rings is 1. The number of amides is 1. The van der Waals surface area contributed by atoms with Crippen LogP contribution in [0, 0.1) is 0 Å². The van der Waals surface area contributed by atoms with Crippen molar-refractivity contribution in [1.82, 2.24) is 10.2 Å². The number of nitrogens with one attached hydrogen (secondary N) is 1. The van der Waals surface area contributed by atoms with Crippen molar-refractivity contribution in [2.75, 3.05) is 19.6 Å². The summed E-state index contributed by atoms with van der Waals surface area (Å²) in [4.78, 5) is 13.4. The molecule has 1 atom stereocenters. The molecule has 2 aliphatic heterocycles. The van der Waals surface area contributed by atoms with Crippen molar-refractivity contribution in [1.29, 1.82) is 0 Å². The summed E-state index contributed by atoms with van der Waals surface area (Å²) in [6.45, 7) is 6.50. The van der Waals surface area contributed by atoms with Gasteiger partial charge in [-0.2, -0.15) is 0 Å². The molecular formula is C9H16N2O2. The van der Waals surface area contributed by atoms with Gasteiger partial charge in [-0.05, 0) is 13.8 Å². The van der Waals surface area contributed by atoms with Gasteiger partial charge in [0.1, 0.15) is 5.60 Å². The first kappa shape index (κ1) is 8.81. The van der Waals surface area contributed by atoms with E-state index >= 15 is 0 Å². The Hall–Kier alpha value is -0.770. The van der Waals surface area contributed by atoms with Crippen molar-refractivity contribution >= 4 is 6.09 Å². The third kappa shape index (κ3) is 1.63. The number of ether oxygens (including phenoxy) is 1. The van der Waals surface area contributed by atoms with Gasteiger partial charge >= 0.3 is 6.09 Å². The molecule has 2 fully saturated rings. The highest BCUT2D eigenvalue weighted by Crippen LogP contribution is 2.27. The van der Waals surface area contributed by atoms with Gasteiger partial charge < -0.3 is 15.0 Å². The van der Waals surface area contributed by atoms with E-state index in [0.29, 0.717) is 6.04 Å². The Morgan fingerprint density at radius 1 is 1.62 bits per heavy atom. The molecule has 2 aliphatic rings. The van der Waals surface area contributed by atoms with Crippen molar-refractivity contribution in [2.24, 2.45) is 0 Å². The van der Waals surface area contributed by atoms with Crippen LogP contribution in [0.4, 0.5) is 4.79 Å². The summed E-state index contributed by atoms with van der Waals surface area (Å²) in [6, 6.07) is 0.324. The summed E-state index contributed by atoms with van der Waals surface area (Å²) in [7, 11) is 0. The summed E-state index contributed by atoms with van der Waals surface area (Å²) in [5, 5.41) is 3.29. The first-order valence-corrected chi connectivity index (χ1v) is 4.79. The molecule has 0 aromatic carbocycles. The van der Waals surface area contributed by atoms with E-state index in [1.165, 1.54) is 0 Å². The molecule has 4 heteroatoms.